The summed E-state index contributed by atoms with van der Waals surface area (Å²) in [7, 11) is 1.61. The van der Waals surface area contributed by atoms with Crippen LogP contribution in [0.1, 0.15) is 64.9 Å². The van der Waals surface area contributed by atoms with Crippen molar-refractivity contribution in [2.45, 2.75) is 89.8 Å². The highest BCUT2D eigenvalue weighted by Gasteiger charge is 2.69. The minimum Gasteiger partial charge on any atom is -0.497 e. The standard InChI is InChI=1S/C27H37NO8/c1-16-5-10-21-17(2)24(33-25-27(21)20(16)13-14-26(3,34-25)35-36-27)32-23(30)12-11-22(29)28-15-18-6-8-19(31-4)9-7-18/h6-9,16-17,20-21,24-25H,5,10-15H2,1-4H3,(H,28,29)/t16-,17-,20+,21+,24-,25-,26-,27-/m1/s1. The van der Waals surface area contributed by atoms with E-state index in [9.17, 15) is 9.59 Å². The highest BCUT2D eigenvalue weighted by molar-refractivity contribution is 5.81. The molecular weight excluding hydrogens is 466 g/mol. The Morgan fingerprint density at radius 3 is 2.58 bits per heavy atom. The second kappa shape index (κ2) is 9.93. The first-order valence-electron chi connectivity index (χ1n) is 13.0. The number of nitrogens with one attached hydrogen (secondary N) is 1. The van der Waals surface area contributed by atoms with Gasteiger partial charge in [-0.3, -0.25) is 9.59 Å². The van der Waals surface area contributed by atoms with Crippen LogP contribution < -0.4 is 10.1 Å². The molecule has 0 aromatic heterocycles. The molecule has 9 heteroatoms. The van der Waals surface area contributed by atoms with Gasteiger partial charge in [-0.2, -0.15) is 0 Å². The lowest BCUT2D eigenvalue weighted by Crippen LogP contribution is -2.70. The van der Waals surface area contributed by atoms with E-state index in [-0.39, 0.29) is 36.5 Å². The summed E-state index contributed by atoms with van der Waals surface area (Å²) in [4.78, 5) is 36.9. The first kappa shape index (κ1) is 25.4. The van der Waals surface area contributed by atoms with Crippen molar-refractivity contribution in [3.63, 3.8) is 0 Å². The SMILES string of the molecule is COc1ccc(CNC(=O)CCC(=O)O[C@@H]2O[C@@H]3O[C@@]4(C)CC[C@H]5[C@H](C)CC[C@@H]([C@H]2C)[C@@]35OO4)cc1. The van der Waals surface area contributed by atoms with Crippen LogP contribution in [0, 0.1) is 23.7 Å². The third-order valence-electron chi connectivity index (χ3n) is 8.55. The van der Waals surface area contributed by atoms with Gasteiger partial charge in [-0.15, -0.1) is 0 Å². The van der Waals surface area contributed by atoms with Crippen LogP contribution in [0.4, 0.5) is 0 Å². The molecule has 2 bridgehead atoms. The Morgan fingerprint density at radius 2 is 1.83 bits per heavy atom. The number of esters is 1. The van der Waals surface area contributed by atoms with Gasteiger partial charge in [0.25, 0.3) is 0 Å². The zero-order chi connectivity index (χ0) is 25.5. The number of hydrogen-bond donors (Lipinski definition) is 1. The van der Waals surface area contributed by atoms with E-state index < -0.39 is 29.9 Å². The smallest absolute Gasteiger partial charge is 0.308 e. The monoisotopic (exact) mass is 503 g/mol. The maximum absolute atomic E-state index is 12.7. The van der Waals surface area contributed by atoms with Crippen LogP contribution in [0.25, 0.3) is 0 Å². The normalized spacial score (nSPS) is 39.0. The van der Waals surface area contributed by atoms with Crippen LogP contribution >= 0.6 is 0 Å². The number of amides is 1. The minimum atomic E-state index is -0.880. The molecule has 0 unspecified atom stereocenters. The third kappa shape index (κ3) is 4.62. The molecule has 9 nitrogen and oxygen atoms in total. The number of benzene rings is 1. The van der Waals surface area contributed by atoms with Crippen LogP contribution in [-0.2, 0) is 40.1 Å². The zero-order valence-electron chi connectivity index (χ0n) is 21.5. The highest BCUT2D eigenvalue weighted by atomic mass is 17.3. The third-order valence-corrected chi connectivity index (χ3v) is 8.55. The molecule has 5 aliphatic rings. The van der Waals surface area contributed by atoms with Gasteiger partial charge in [-0.1, -0.05) is 26.0 Å². The molecule has 0 radical (unpaired) electrons. The van der Waals surface area contributed by atoms with E-state index in [1.54, 1.807) is 7.11 Å². The summed E-state index contributed by atoms with van der Waals surface area (Å²) < 4.78 is 23.5. The topological polar surface area (TPSA) is 102 Å². The van der Waals surface area contributed by atoms with Gasteiger partial charge in [-0.25, -0.2) is 9.78 Å². The largest absolute Gasteiger partial charge is 0.497 e. The summed E-state index contributed by atoms with van der Waals surface area (Å²) in [6, 6.07) is 7.45. The van der Waals surface area contributed by atoms with E-state index in [0.29, 0.717) is 12.5 Å². The van der Waals surface area contributed by atoms with E-state index in [2.05, 4.69) is 12.2 Å². The molecule has 6 rings (SSSR count). The van der Waals surface area contributed by atoms with Gasteiger partial charge < -0.3 is 24.3 Å². The van der Waals surface area contributed by atoms with E-state index in [1.165, 1.54) is 0 Å². The summed E-state index contributed by atoms with van der Waals surface area (Å²) in [5, 5.41) is 2.83. The zero-order valence-corrected chi connectivity index (χ0v) is 21.5. The molecule has 198 valence electrons. The molecule has 1 spiro atoms. The Kier molecular flexibility index (Phi) is 7.02. The Bertz CT molecular complexity index is 969. The Hall–Kier alpha value is -2.20. The van der Waals surface area contributed by atoms with Gasteiger partial charge >= 0.3 is 5.97 Å². The van der Waals surface area contributed by atoms with Crippen LogP contribution in [0.15, 0.2) is 24.3 Å². The minimum absolute atomic E-state index is 0.0284. The molecule has 4 heterocycles. The summed E-state index contributed by atoms with van der Waals surface area (Å²) in [6.45, 7) is 6.53. The molecule has 4 aliphatic heterocycles. The number of hydrogen-bond acceptors (Lipinski definition) is 8. The van der Waals surface area contributed by atoms with E-state index in [0.717, 1.165) is 37.0 Å². The Balaban J connectivity index is 1.17. The molecule has 8 atom stereocenters. The molecule has 1 aromatic rings. The summed E-state index contributed by atoms with van der Waals surface area (Å²) in [5.74, 6) is -0.122. The van der Waals surface area contributed by atoms with E-state index in [4.69, 9.17) is 28.7 Å². The summed E-state index contributed by atoms with van der Waals surface area (Å²) in [6.07, 6.45) is 2.24. The highest BCUT2D eigenvalue weighted by Crippen LogP contribution is 2.60. The molecule has 1 saturated carbocycles. The van der Waals surface area contributed by atoms with Crippen LogP contribution in [0.2, 0.25) is 0 Å². The van der Waals surface area contributed by atoms with Crippen molar-refractivity contribution in [2.24, 2.45) is 23.7 Å². The summed E-state index contributed by atoms with van der Waals surface area (Å²) >= 11 is 0. The lowest BCUT2D eigenvalue weighted by molar-refractivity contribution is -0.576. The Labute approximate surface area is 212 Å². The van der Waals surface area contributed by atoms with Gasteiger partial charge in [-0.05, 0) is 55.7 Å². The summed E-state index contributed by atoms with van der Waals surface area (Å²) in [5.41, 5.74) is 0.250. The molecule has 36 heavy (non-hydrogen) atoms. The fourth-order valence-electron chi connectivity index (χ4n) is 6.44. The van der Waals surface area contributed by atoms with Gasteiger partial charge in [0.05, 0.1) is 13.5 Å². The quantitative estimate of drug-likeness (QED) is 0.442. The van der Waals surface area contributed by atoms with Crippen molar-refractivity contribution in [2.75, 3.05) is 7.11 Å². The van der Waals surface area contributed by atoms with Crippen LogP contribution in [0.5, 0.6) is 5.75 Å². The Morgan fingerprint density at radius 1 is 1.06 bits per heavy atom. The second-order valence-electron chi connectivity index (χ2n) is 10.9. The lowest BCUT2D eigenvalue weighted by atomic mass is 9.58. The maximum atomic E-state index is 12.7. The molecular formula is C27H37NO8. The molecule has 1 aliphatic carbocycles. The van der Waals surface area contributed by atoms with Crippen LogP contribution in [0.3, 0.4) is 0 Å². The number of carbonyl (C=O) groups is 2. The number of ether oxygens (including phenoxy) is 4. The number of fused-ring (bicyclic) bond motifs is 2. The molecule has 4 saturated heterocycles. The first-order chi connectivity index (χ1) is 17.2. The molecule has 5 fully saturated rings. The van der Waals surface area contributed by atoms with Gasteiger partial charge in [0, 0.05) is 31.2 Å². The molecule has 1 amide bonds. The lowest BCUT2D eigenvalue weighted by Gasteiger charge is -2.59. The average molecular weight is 504 g/mol. The fourth-order valence-corrected chi connectivity index (χ4v) is 6.44. The molecule has 1 aromatic carbocycles. The number of carbonyl (C=O) groups excluding carboxylic acids is 2. The second-order valence-corrected chi connectivity index (χ2v) is 10.9. The van der Waals surface area contributed by atoms with Gasteiger partial charge in [0.15, 0.2) is 11.9 Å². The van der Waals surface area contributed by atoms with Crippen molar-refractivity contribution in [1.29, 1.82) is 0 Å². The van der Waals surface area contributed by atoms with Crippen molar-refractivity contribution in [3.05, 3.63) is 29.8 Å². The number of methoxy groups -OCH3 is 1. The van der Waals surface area contributed by atoms with Crippen molar-refractivity contribution in [3.8, 4) is 5.75 Å². The first-order valence-corrected chi connectivity index (χ1v) is 13.0. The molecule has 1 N–H and O–H groups in total. The van der Waals surface area contributed by atoms with Crippen molar-refractivity contribution in [1.82, 2.24) is 5.32 Å². The average Bonchev–Trinajstić information content (AvgIpc) is 3.10. The van der Waals surface area contributed by atoms with Crippen LogP contribution in [-0.4, -0.2) is 43.0 Å². The maximum Gasteiger partial charge on any atom is 0.308 e. The predicted octanol–water partition coefficient (Wildman–Crippen LogP) is 3.84. The van der Waals surface area contributed by atoms with E-state index in [1.807, 2.05) is 38.1 Å². The number of rotatable bonds is 7. The van der Waals surface area contributed by atoms with Gasteiger partial charge in [0.1, 0.15) is 5.75 Å². The predicted molar refractivity (Wildman–Crippen MR) is 127 cm³/mol. The van der Waals surface area contributed by atoms with Gasteiger partial charge in [0.2, 0.25) is 18.0 Å². The van der Waals surface area contributed by atoms with Crippen molar-refractivity contribution < 1.29 is 38.3 Å². The van der Waals surface area contributed by atoms with E-state index >= 15 is 0 Å². The van der Waals surface area contributed by atoms with Crippen molar-refractivity contribution >= 4 is 11.9 Å². The fraction of sp³-hybridized carbons (Fsp3) is 0.704.